The van der Waals surface area contributed by atoms with Crippen LogP contribution in [0.5, 0.6) is 5.75 Å². The number of rotatable bonds is 6. The Morgan fingerprint density at radius 3 is 2.21 bits per heavy atom. The van der Waals surface area contributed by atoms with Crippen molar-refractivity contribution in [3.63, 3.8) is 0 Å². The average Bonchev–Trinajstić information content (AvgIpc) is 3.17. The fourth-order valence-electron chi connectivity index (χ4n) is 3.14. The molecule has 1 aromatic heterocycles. The summed E-state index contributed by atoms with van der Waals surface area (Å²) in [5.74, 6) is -0.119. The summed E-state index contributed by atoms with van der Waals surface area (Å²) < 4.78 is 34.9. The highest BCUT2D eigenvalue weighted by atomic mass is 19.3. The summed E-state index contributed by atoms with van der Waals surface area (Å²) in [6, 6.07) is 24.1. The molecule has 0 fully saturated rings. The standard InChI is InChI=1S/C23H17F2NO3/c24-23(25)28-18-12-10-16(11-13-18)21(15-6-2-1-3-7-15)26-22(27)20-14-17-8-4-5-9-19(17)29-20/h1-14,21,23H,(H,26,27)/t21-/m0/s1. The first-order valence-corrected chi connectivity index (χ1v) is 8.99. The Morgan fingerprint density at radius 2 is 1.52 bits per heavy atom. The number of amides is 1. The van der Waals surface area contributed by atoms with Gasteiger partial charge in [0, 0.05) is 5.39 Å². The van der Waals surface area contributed by atoms with E-state index in [-0.39, 0.29) is 17.4 Å². The Labute approximate surface area is 165 Å². The molecule has 0 radical (unpaired) electrons. The summed E-state index contributed by atoms with van der Waals surface area (Å²) in [5.41, 5.74) is 2.20. The van der Waals surface area contributed by atoms with E-state index in [4.69, 9.17) is 4.42 Å². The summed E-state index contributed by atoms with van der Waals surface area (Å²) in [6.07, 6.45) is 0. The molecule has 146 valence electrons. The minimum atomic E-state index is -2.89. The van der Waals surface area contributed by atoms with E-state index in [1.54, 1.807) is 24.3 Å². The second-order valence-electron chi connectivity index (χ2n) is 6.41. The van der Waals surface area contributed by atoms with Crippen LogP contribution in [0.2, 0.25) is 0 Å². The highest BCUT2D eigenvalue weighted by Gasteiger charge is 2.20. The quantitative estimate of drug-likeness (QED) is 0.467. The number of hydrogen-bond acceptors (Lipinski definition) is 3. The third-order valence-corrected chi connectivity index (χ3v) is 4.50. The fourth-order valence-corrected chi connectivity index (χ4v) is 3.14. The Morgan fingerprint density at radius 1 is 0.862 bits per heavy atom. The van der Waals surface area contributed by atoms with E-state index in [1.165, 1.54) is 12.1 Å². The molecule has 1 N–H and O–H groups in total. The molecule has 1 amide bonds. The molecule has 0 aliphatic heterocycles. The van der Waals surface area contributed by atoms with E-state index in [1.807, 2.05) is 48.5 Å². The van der Waals surface area contributed by atoms with Crippen LogP contribution in [0.1, 0.15) is 27.7 Å². The Kier molecular flexibility index (Phi) is 5.24. The molecule has 4 aromatic rings. The first kappa shape index (κ1) is 18.7. The molecule has 0 saturated carbocycles. The van der Waals surface area contributed by atoms with Crippen LogP contribution >= 0.6 is 0 Å². The van der Waals surface area contributed by atoms with E-state index < -0.39 is 12.7 Å². The predicted octanol–water partition coefficient (Wildman–Crippen LogP) is 5.55. The first-order valence-electron chi connectivity index (χ1n) is 8.99. The van der Waals surface area contributed by atoms with Crippen molar-refractivity contribution in [2.45, 2.75) is 12.7 Å². The summed E-state index contributed by atoms with van der Waals surface area (Å²) in [7, 11) is 0. The zero-order valence-corrected chi connectivity index (χ0v) is 15.2. The fraction of sp³-hybridized carbons (Fsp3) is 0.0870. The molecule has 4 nitrogen and oxygen atoms in total. The third kappa shape index (κ3) is 4.27. The molecule has 1 atom stereocenters. The number of halogens is 2. The van der Waals surface area contributed by atoms with Gasteiger partial charge >= 0.3 is 6.61 Å². The number of para-hydroxylation sites is 1. The van der Waals surface area contributed by atoms with E-state index in [2.05, 4.69) is 10.1 Å². The molecule has 0 saturated heterocycles. The van der Waals surface area contributed by atoms with Gasteiger partial charge in [0.25, 0.3) is 5.91 Å². The van der Waals surface area contributed by atoms with E-state index in [0.29, 0.717) is 5.58 Å². The van der Waals surface area contributed by atoms with Crippen LogP contribution in [0.4, 0.5) is 8.78 Å². The van der Waals surface area contributed by atoms with Gasteiger partial charge in [-0.05, 0) is 35.4 Å². The van der Waals surface area contributed by atoms with Gasteiger partial charge in [-0.15, -0.1) is 0 Å². The zero-order valence-electron chi connectivity index (χ0n) is 15.2. The molecule has 4 rings (SSSR count). The number of carbonyl (C=O) groups is 1. The number of hydrogen-bond donors (Lipinski definition) is 1. The average molecular weight is 393 g/mol. The molecule has 0 bridgehead atoms. The molecule has 0 aliphatic rings. The summed E-state index contributed by atoms with van der Waals surface area (Å²) in [4.78, 5) is 12.9. The van der Waals surface area contributed by atoms with Crippen LogP contribution in [-0.2, 0) is 0 Å². The molecule has 0 unspecified atom stereocenters. The summed E-state index contributed by atoms with van der Waals surface area (Å²) >= 11 is 0. The lowest BCUT2D eigenvalue weighted by atomic mass is 9.98. The lowest BCUT2D eigenvalue weighted by Gasteiger charge is -2.19. The summed E-state index contributed by atoms with van der Waals surface area (Å²) in [5, 5.41) is 3.80. The van der Waals surface area contributed by atoms with Crippen LogP contribution in [0.3, 0.4) is 0 Å². The zero-order chi connectivity index (χ0) is 20.2. The van der Waals surface area contributed by atoms with E-state index in [0.717, 1.165) is 16.5 Å². The molecule has 1 heterocycles. The highest BCUT2D eigenvalue weighted by Crippen LogP contribution is 2.26. The van der Waals surface area contributed by atoms with Crippen LogP contribution < -0.4 is 10.1 Å². The lowest BCUT2D eigenvalue weighted by molar-refractivity contribution is -0.0498. The number of nitrogens with one attached hydrogen (secondary N) is 1. The van der Waals surface area contributed by atoms with Gasteiger partial charge in [0.2, 0.25) is 0 Å². The Hall–Kier alpha value is -3.67. The van der Waals surface area contributed by atoms with Gasteiger partial charge in [-0.3, -0.25) is 4.79 Å². The minimum absolute atomic E-state index is 0.0548. The van der Waals surface area contributed by atoms with Crippen LogP contribution in [0.15, 0.2) is 89.3 Å². The maximum absolute atomic E-state index is 12.9. The van der Waals surface area contributed by atoms with Gasteiger partial charge in [-0.1, -0.05) is 60.7 Å². The van der Waals surface area contributed by atoms with Crippen LogP contribution in [0.25, 0.3) is 11.0 Å². The highest BCUT2D eigenvalue weighted by molar-refractivity contribution is 5.96. The van der Waals surface area contributed by atoms with E-state index >= 15 is 0 Å². The minimum Gasteiger partial charge on any atom is -0.451 e. The van der Waals surface area contributed by atoms with Crippen molar-refractivity contribution in [3.05, 3.63) is 102 Å². The van der Waals surface area contributed by atoms with Gasteiger partial charge in [0.15, 0.2) is 5.76 Å². The van der Waals surface area contributed by atoms with Crippen molar-refractivity contribution < 1.29 is 22.7 Å². The SMILES string of the molecule is O=C(N[C@@H](c1ccccc1)c1ccc(OC(F)F)cc1)c1cc2ccccc2o1. The first-order chi connectivity index (χ1) is 14.1. The van der Waals surface area contributed by atoms with Crippen LogP contribution in [0, 0.1) is 0 Å². The molecule has 0 spiro atoms. The molecule has 6 heteroatoms. The molecule has 29 heavy (non-hydrogen) atoms. The monoisotopic (exact) mass is 393 g/mol. The van der Waals surface area contributed by atoms with Gasteiger partial charge in [0.1, 0.15) is 11.3 Å². The molecular weight excluding hydrogens is 376 g/mol. The van der Waals surface area contributed by atoms with Gasteiger partial charge in [-0.25, -0.2) is 0 Å². The van der Waals surface area contributed by atoms with Gasteiger partial charge in [0.05, 0.1) is 6.04 Å². The van der Waals surface area contributed by atoms with Gasteiger partial charge < -0.3 is 14.5 Å². The molecule has 0 aliphatic carbocycles. The van der Waals surface area contributed by atoms with Gasteiger partial charge in [-0.2, -0.15) is 8.78 Å². The van der Waals surface area contributed by atoms with Crippen molar-refractivity contribution in [3.8, 4) is 5.75 Å². The number of ether oxygens (including phenoxy) is 1. The number of benzene rings is 3. The van der Waals surface area contributed by atoms with Crippen LogP contribution in [-0.4, -0.2) is 12.5 Å². The van der Waals surface area contributed by atoms with Crippen molar-refractivity contribution in [1.82, 2.24) is 5.32 Å². The van der Waals surface area contributed by atoms with Crippen molar-refractivity contribution in [2.75, 3.05) is 0 Å². The van der Waals surface area contributed by atoms with E-state index in [9.17, 15) is 13.6 Å². The largest absolute Gasteiger partial charge is 0.451 e. The number of fused-ring (bicyclic) bond motifs is 1. The second-order valence-corrected chi connectivity index (χ2v) is 6.41. The maximum atomic E-state index is 12.9. The predicted molar refractivity (Wildman–Crippen MR) is 105 cm³/mol. The van der Waals surface area contributed by atoms with Crippen molar-refractivity contribution >= 4 is 16.9 Å². The summed E-state index contributed by atoms with van der Waals surface area (Å²) in [6.45, 7) is -2.89. The molecule has 3 aromatic carbocycles. The van der Waals surface area contributed by atoms with Crippen molar-refractivity contribution in [1.29, 1.82) is 0 Å². The second kappa shape index (κ2) is 8.14. The number of carbonyl (C=O) groups excluding carboxylic acids is 1. The topological polar surface area (TPSA) is 51.5 Å². The number of furan rings is 1. The van der Waals surface area contributed by atoms with Crippen molar-refractivity contribution in [2.24, 2.45) is 0 Å². The Bertz CT molecular complexity index is 1070. The Balaban J connectivity index is 1.63. The number of alkyl halides is 2. The normalized spacial score (nSPS) is 12.1. The maximum Gasteiger partial charge on any atom is 0.387 e. The third-order valence-electron chi connectivity index (χ3n) is 4.50. The molecular formula is C23H17F2NO3. The lowest BCUT2D eigenvalue weighted by Crippen LogP contribution is -2.29. The smallest absolute Gasteiger partial charge is 0.387 e.